The molecule has 1 aromatic carbocycles. The molecule has 0 fully saturated rings. The first-order valence-electron chi connectivity index (χ1n) is 7.62. The lowest BCUT2D eigenvalue weighted by molar-refractivity contribution is -0.125. The largest absolute Gasteiger partial charge is 0.497 e. The first kappa shape index (κ1) is 16.2. The summed E-state index contributed by atoms with van der Waals surface area (Å²) in [6.45, 7) is 1.25. The zero-order valence-electron chi connectivity index (χ0n) is 13.2. The van der Waals surface area contributed by atoms with Crippen molar-refractivity contribution >= 4 is 11.6 Å². The molecule has 0 saturated carbocycles. The van der Waals surface area contributed by atoms with Gasteiger partial charge in [-0.2, -0.15) is 0 Å². The number of carbonyl (C=O) groups excluding carboxylic acids is 1. The molecule has 0 unspecified atom stereocenters. The van der Waals surface area contributed by atoms with Crippen molar-refractivity contribution in [1.82, 2.24) is 5.32 Å². The Hall–Kier alpha value is -2.17. The zero-order chi connectivity index (χ0) is 15.8. The van der Waals surface area contributed by atoms with E-state index in [0.717, 1.165) is 36.4 Å². The van der Waals surface area contributed by atoms with Gasteiger partial charge in [-0.3, -0.25) is 4.79 Å². The van der Waals surface area contributed by atoms with Gasteiger partial charge in [0, 0.05) is 42.9 Å². The Bertz CT molecular complexity index is 506. The van der Waals surface area contributed by atoms with Gasteiger partial charge in [0.2, 0.25) is 5.91 Å². The van der Waals surface area contributed by atoms with Crippen LogP contribution in [0.2, 0.25) is 0 Å². The van der Waals surface area contributed by atoms with E-state index >= 15 is 0 Å². The Balaban J connectivity index is 1.76. The maximum absolute atomic E-state index is 12.0. The van der Waals surface area contributed by atoms with Crippen molar-refractivity contribution in [2.45, 2.75) is 19.3 Å². The van der Waals surface area contributed by atoms with E-state index in [2.05, 4.69) is 22.8 Å². The predicted molar refractivity (Wildman–Crippen MR) is 87.5 cm³/mol. The standard InChI is InChI=1S/C17H24N2O3/c1-21-15-10-14(11-16(12-15)22-2)18-8-9-19-17(20)13-6-4-3-5-7-13/h3-4,10-13,18H,5-9H2,1-2H3,(H,19,20)/t13-/m1/s1. The van der Waals surface area contributed by atoms with Crippen molar-refractivity contribution in [1.29, 1.82) is 0 Å². The monoisotopic (exact) mass is 304 g/mol. The second-order valence-electron chi connectivity index (χ2n) is 5.30. The number of allylic oxidation sites excluding steroid dienone is 2. The molecule has 0 aromatic heterocycles. The van der Waals surface area contributed by atoms with E-state index in [1.54, 1.807) is 14.2 Å². The van der Waals surface area contributed by atoms with E-state index < -0.39 is 0 Å². The average Bonchev–Trinajstić information content (AvgIpc) is 2.58. The molecule has 0 aliphatic heterocycles. The molecule has 1 aliphatic carbocycles. The topological polar surface area (TPSA) is 59.6 Å². The van der Waals surface area contributed by atoms with E-state index in [1.807, 2.05) is 18.2 Å². The third-order valence-electron chi connectivity index (χ3n) is 3.74. The minimum atomic E-state index is 0.127. The highest BCUT2D eigenvalue weighted by molar-refractivity contribution is 5.79. The molecule has 0 spiro atoms. The number of rotatable bonds is 7. The minimum absolute atomic E-state index is 0.127. The van der Waals surface area contributed by atoms with E-state index in [-0.39, 0.29) is 11.8 Å². The Morgan fingerprint density at radius 2 is 1.86 bits per heavy atom. The molecule has 1 amide bonds. The van der Waals surface area contributed by atoms with Crippen LogP contribution in [0.25, 0.3) is 0 Å². The van der Waals surface area contributed by atoms with Crippen LogP contribution in [0.1, 0.15) is 19.3 Å². The Labute approximate surface area is 131 Å². The summed E-state index contributed by atoms with van der Waals surface area (Å²) in [6, 6.07) is 5.62. The van der Waals surface area contributed by atoms with E-state index in [0.29, 0.717) is 13.1 Å². The number of nitrogens with one attached hydrogen (secondary N) is 2. The lowest BCUT2D eigenvalue weighted by Gasteiger charge is -2.17. The lowest BCUT2D eigenvalue weighted by Crippen LogP contribution is -2.34. The summed E-state index contributed by atoms with van der Waals surface area (Å²) < 4.78 is 10.5. The van der Waals surface area contributed by atoms with Gasteiger partial charge in [-0.1, -0.05) is 12.2 Å². The fourth-order valence-corrected chi connectivity index (χ4v) is 2.48. The zero-order valence-corrected chi connectivity index (χ0v) is 13.2. The van der Waals surface area contributed by atoms with Crippen LogP contribution < -0.4 is 20.1 Å². The smallest absolute Gasteiger partial charge is 0.223 e. The van der Waals surface area contributed by atoms with Crippen LogP contribution in [-0.2, 0) is 4.79 Å². The van der Waals surface area contributed by atoms with Gasteiger partial charge in [0.1, 0.15) is 11.5 Å². The molecule has 5 nitrogen and oxygen atoms in total. The van der Waals surface area contributed by atoms with Gasteiger partial charge in [-0.05, 0) is 19.3 Å². The van der Waals surface area contributed by atoms with Crippen molar-refractivity contribution in [3.8, 4) is 11.5 Å². The molecule has 5 heteroatoms. The number of ether oxygens (including phenoxy) is 2. The number of methoxy groups -OCH3 is 2. The maximum atomic E-state index is 12.0. The van der Waals surface area contributed by atoms with E-state index in [1.165, 1.54) is 0 Å². The van der Waals surface area contributed by atoms with Gasteiger partial charge in [-0.25, -0.2) is 0 Å². The Morgan fingerprint density at radius 1 is 1.14 bits per heavy atom. The van der Waals surface area contributed by atoms with Gasteiger partial charge in [0.15, 0.2) is 0 Å². The van der Waals surface area contributed by atoms with Crippen molar-refractivity contribution in [2.24, 2.45) is 5.92 Å². The molecule has 2 N–H and O–H groups in total. The molecular formula is C17H24N2O3. The highest BCUT2D eigenvalue weighted by Gasteiger charge is 2.17. The summed E-state index contributed by atoms with van der Waals surface area (Å²) >= 11 is 0. The Morgan fingerprint density at radius 3 is 2.45 bits per heavy atom. The number of carbonyl (C=O) groups is 1. The van der Waals surface area contributed by atoms with Gasteiger partial charge < -0.3 is 20.1 Å². The summed E-state index contributed by atoms with van der Waals surface area (Å²) in [6.07, 6.45) is 7.03. The molecular weight excluding hydrogens is 280 g/mol. The van der Waals surface area contributed by atoms with E-state index in [4.69, 9.17) is 9.47 Å². The van der Waals surface area contributed by atoms with Crippen molar-refractivity contribution in [2.75, 3.05) is 32.6 Å². The highest BCUT2D eigenvalue weighted by Crippen LogP contribution is 2.25. The summed E-state index contributed by atoms with van der Waals surface area (Å²) in [4.78, 5) is 12.0. The SMILES string of the molecule is COc1cc(NCCNC(=O)[C@@H]2CC=CCC2)cc(OC)c1. The summed E-state index contributed by atoms with van der Waals surface area (Å²) in [5.74, 6) is 1.75. The molecule has 0 radical (unpaired) electrons. The molecule has 22 heavy (non-hydrogen) atoms. The molecule has 2 rings (SSSR count). The quantitative estimate of drug-likeness (QED) is 0.600. The summed E-state index contributed by atoms with van der Waals surface area (Å²) in [7, 11) is 3.24. The highest BCUT2D eigenvalue weighted by atomic mass is 16.5. The van der Waals surface area contributed by atoms with Crippen molar-refractivity contribution < 1.29 is 14.3 Å². The van der Waals surface area contributed by atoms with Gasteiger partial charge in [0.05, 0.1) is 14.2 Å². The minimum Gasteiger partial charge on any atom is -0.497 e. The van der Waals surface area contributed by atoms with E-state index in [9.17, 15) is 4.79 Å². The summed E-state index contributed by atoms with van der Waals surface area (Å²) in [5.41, 5.74) is 0.908. The van der Waals surface area contributed by atoms with Crippen molar-refractivity contribution in [3.05, 3.63) is 30.4 Å². The maximum Gasteiger partial charge on any atom is 0.223 e. The second-order valence-corrected chi connectivity index (χ2v) is 5.30. The first-order valence-corrected chi connectivity index (χ1v) is 7.62. The molecule has 0 saturated heterocycles. The fraction of sp³-hybridized carbons (Fsp3) is 0.471. The number of anilines is 1. The van der Waals surface area contributed by atoms with Crippen LogP contribution in [0.4, 0.5) is 5.69 Å². The van der Waals surface area contributed by atoms with Crippen molar-refractivity contribution in [3.63, 3.8) is 0 Å². The third-order valence-corrected chi connectivity index (χ3v) is 3.74. The Kier molecular flexibility index (Phi) is 6.13. The van der Waals surface area contributed by atoms with Crippen LogP contribution >= 0.6 is 0 Å². The van der Waals surface area contributed by atoms with Crippen LogP contribution in [0.5, 0.6) is 11.5 Å². The fourth-order valence-electron chi connectivity index (χ4n) is 2.48. The van der Waals surface area contributed by atoms with Gasteiger partial charge in [-0.15, -0.1) is 0 Å². The third kappa shape index (κ3) is 4.69. The first-order chi connectivity index (χ1) is 10.7. The molecule has 0 bridgehead atoms. The summed E-state index contributed by atoms with van der Waals surface area (Å²) in [5, 5.41) is 6.25. The number of benzene rings is 1. The second kappa shape index (κ2) is 8.32. The predicted octanol–water partition coefficient (Wildman–Crippen LogP) is 2.59. The van der Waals surface area contributed by atoms with Crippen LogP contribution in [0.3, 0.4) is 0 Å². The van der Waals surface area contributed by atoms with Crippen LogP contribution in [-0.4, -0.2) is 33.2 Å². The molecule has 120 valence electrons. The van der Waals surface area contributed by atoms with Crippen LogP contribution in [0, 0.1) is 5.92 Å². The molecule has 1 aromatic rings. The van der Waals surface area contributed by atoms with Gasteiger partial charge in [0.25, 0.3) is 0 Å². The lowest BCUT2D eigenvalue weighted by atomic mass is 9.94. The average molecular weight is 304 g/mol. The van der Waals surface area contributed by atoms with Gasteiger partial charge >= 0.3 is 0 Å². The molecule has 1 atom stereocenters. The molecule has 1 aliphatic rings. The molecule has 0 heterocycles. The number of hydrogen-bond acceptors (Lipinski definition) is 4. The number of amides is 1. The van der Waals surface area contributed by atoms with Crippen LogP contribution in [0.15, 0.2) is 30.4 Å². The normalized spacial score (nSPS) is 16.9. The number of hydrogen-bond donors (Lipinski definition) is 2.